The Labute approximate surface area is 147 Å². The zero-order chi connectivity index (χ0) is 18.4. The molecule has 8 heteroatoms. The number of primary sulfonamides is 1. The van der Waals surface area contributed by atoms with E-state index in [0.717, 1.165) is 5.56 Å². The number of aromatic nitrogens is 1. The van der Waals surface area contributed by atoms with Crippen molar-refractivity contribution in [2.45, 2.75) is 31.2 Å². The third kappa shape index (κ3) is 5.84. The van der Waals surface area contributed by atoms with Crippen molar-refractivity contribution >= 4 is 21.7 Å². The van der Waals surface area contributed by atoms with Crippen LogP contribution in [0.1, 0.15) is 29.8 Å². The first-order chi connectivity index (χ1) is 11.8. The largest absolute Gasteiger partial charge is 0.370 e. The van der Waals surface area contributed by atoms with Crippen LogP contribution in [0.15, 0.2) is 47.5 Å². The summed E-state index contributed by atoms with van der Waals surface area (Å²) < 4.78 is 22.4. The number of nitrogens with one attached hydrogen (secondary N) is 2. The van der Waals surface area contributed by atoms with E-state index in [9.17, 15) is 13.2 Å². The average Bonchev–Trinajstić information content (AvgIpc) is 2.54. The quantitative estimate of drug-likeness (QED) is 0.691. The van der Waals surface area contributed by atoms with Gasteiger partial charge in [-0.3, -0.25) is 4.79 Å². The molecule has 0 aliphatic rings. The normalized spacial score (nSPS) is 11.4. The molecule has 0 unspecified atom stereocenters. The second-order valence-corrected chi connectivity index (χ2v) is 7.49. The van der Waals surface area contributed by atoms with Crippen molar-refractivity contribution in [2.24, 2.45) is 5.14 Å². The molecule has 0 spiro atoms. The van der Waals surface area contributed by atoms with Crippen LogP contribution < -0.4 is 15.8 Å². The summed E-state index contributed by atoms with van der Waals surface area (Å²) in [6.07, 6.45) is 2.26. The maximum atomic E-state index is 12.0. The first-order valence-electron chi connectivity index (χ1n) is 7.88. The molecule has 0 radical (unpaired) electrons. The first kappa shape index (κ1) is 18.9. The molecule has 0 bridgehead atoms. The van der Waals surface area contributed by atoms with Gasteiger partial charge in [0.05, 0.1) is 4.90 Å². The molecule has 25 heavy (non-hydrogen) atoms. The lowest BCUT2D eigenvalue weighted by Gasteiger charge is -2.10. The van der Waals surface area contributed by atoms with Crippen molar-refractivity contribution in [3.63, 3.8) is 0 Å². The first-order valence-corrected chi connectivity index (χ1v) is 9.43. The highest BCUT2D eigenvalue weighted by atomic mass is 32.2. The van der Waals surface area contributed by atoms with Crippen LogP contribution in [0, 0.1) is 0 Å². The van der Waals surface area contributed by atoms with Gasteiger partial charge >= 0.3 is 0 Å². The maximum Gasteiger partial charge on any atom is 0.251 e. The van der Waals surface area contributed by atoms with E-state index in [4.69, 9.17) is 5.14 Å². The summed E-state index contributed by atoms with van der Waals surface area (Å²) >= 11 is 0. The van der Waals surface area contributed by atoms with Crippen LogP contribution in [0.3, 0.4) is 0 Å². The highest BCUT2D eigenvalue weighted by molar-refractivity contribution is 7.89. The van der Waals surface area contributed by atoms with Crippen LogP contribution in [0.25, 0.3) is 0 Å². The Kier molecular flexibility index (Phi) is 6.11. The molecule has 1 amide bonds. The number of pyridine rings is 1. The second-order valence-electron chi connectivity index (χ2n) is 5.92. The average molecular weight is 362 g/mol. The number of benzene rings is 1. The Morgan fingerprint density at radius 2 is 1.88 bits per heavy atom. The van der Waals surface area contributed by atoms with E-state index in [2.05, 4.69) is 15.6 Å². The molecular formula is C17H22N4O3S. The topological polar surface area (TPSA) is 114 Å². The van der Waals surface area contributed by atoms with Gasteiger partial charge < -0.3 is 10.6 Å². The fraction of sp³-hybridized carbons (Fsp3) is 0.294. The summed E-state index contributed by atoms with van der Waals surface area (Å²) in [5, 5.41) is 11.1. The van der Waals surface area contributed by atoms with E-state index < -0.39 is 10.0 Å². The summed E-state index contributed by atoms with van der Waals surface area (Å²) in [5.74, 6) is 0.469. The van der Waals surface area contributed by atoms with Gasteiger partial charge in [0.1, 0.15) is 5.82 Å². The lowest BCUT2D eigenvalue weighted by Crippen LogP contribution is -2.30. The predicted octanol–water partition coefficient (Wildman–Crippen LogP) is 1.52. The number of hydrogen-bond donors (Lipinski definition) is 3. The van der Waals surface area contributed by atoms with Crippen molar-refractivity contribution in [3.8, 4) is 0 Å². The fourth-order valence-corrected chi connectivity index (χ4v) is 2.71. The lowest BCUT2D eigenvalue weighted by atomic mass is 10.1. The van der Waals surface area contributed by atoms with Crippen molar-refractivity contribution in [1.29, 1.82) is 0 Å². The van der Waals surface area contributed by atoms with E-state index in [0.29, 0.717) is 24.3 Å². The molecule has 0 atom stereocenters. The lowest BCUT2D eigenvalue weighted by molar-refractivity contribution is 0.0943. The Balaban J connectivity index is 1.92. The van der Waals surface area contributed by atoms with E-state index in [-0.39, 0.29) is 16.8 Å². The Hall–Kier alpha value is -2.45. The molecule has 0 aliphatic heterocycles. The van der Waals surface area contributed by atoms with E-state index in [1.807, 2.05) is 13.8 Å². The number of nitrogens with two attached hydrogens (primary N) is 1. The van der Waals surface area contributed by atoms with Crippen LogP contribution in [-0.4, -0.2) is 31.9 Å². The molecule has 134 valence electrons. The molecule has 1 aromatic carbocycles. The van der Waals surface area contributed by atoms with Crippen molar-refractivity contribution in [1.82, 2.24) is 10.3 Å². The molecule has 0 saturated heterocycles. The highest BCUT2D eigenvalue weighted by Crippen LogP contribution is 2.11. The van der Waals surface area contributed by atoms with Crippen LogP contribution >= 0.6 is 0 Å². The SMILES string of the molecule is CC(C)NC(=O)c1ccnc(NCCc2ccc(S(N)(=O)=O)cc2)c1. The molecule has 7 nitrogen and oxygen atoms in total. The molecule has 0 saturated carbocycles. The van der Waals surface area contributed by atoms with Crippen molar-refractivity contribution in [2.75, 3.05) is 11.9 Å². The molecular weight excluding hydrogens is 340 g/mol. The van der Waals surface area contributed by atoms with Crippen molar-refractivity contribution < 1.29 is 13.2 Å². The number of hydrogen-bond acceptors (Lipinski definition) is 5. The smallest absolute Gasteiger partial charge is 0.251 e. The Morgan fingerprint density at radius 3 is 2.48 bits per heavy atom. The number of carbonyl (C=O) groups is 1. The Morgan fingerprint density at radius 1 is 1.20 bits per heavy atom. The minimum Gasteiger partial charge on any atom is -0.370 e. The number of carbonyl (C=O) groups excluding carboxylic acids is 1. The third-order valence-corrected chi connectivity index (χ3v) is 4.34. The summed E-state index contributed by atoms with van der Waals surface area (Å²) in [5.41, 5.74) is 1.51. The highest BCUT2D eigenvalue weighted by Gasteiger charge is 2.08. The number of nitrogens with zero attached hydrogens (tertiary/aromatic N) is 1. The van der Waals surface area contributed by atoms with Gasteiger partial charge in [0.15, 0.2) is 0 Å². The van der Waals surface area contributed by atoms with Crippen molar-refractivity contribution in [3.05, 3.63) is 53.7 Å². The fourth-order valence-electron chi connectivity index (χ4n) is 2.19. The minimum atomic E-state index is -3.67. The molecule has 4 N–H and O–H groups in total. The monoisotopic (exact) mass is 362 g/mol. The molecule has 2 aromatic rings. The molecule has 0 aliphatic carbocycles. The van der Waals surface area contributed by atoms with Crippen LogP contribution in [0.4, 0.5) is 5.82 Å². The number of rotatable bonds is 7. The molecule has 0 fully saturated rings. The number of anilines is 1. The van der Waals surface area contributed by atoms with Crippen LogP contribution in [-0.2, 0) is 16.4 Å². The van der Waals surface area contributed by atoms with E-state index in [1.165, 1.54) is 12.1 Å². The predicted molar refractivity (Wildman–Crippen MR) is 96.8 cm³/mol. The van der Waals surface area contributed by atoms with Gasteiger partial charge in [-0.05, 0) is 50.1 Å². The summed E-state index contributed by atoms with van der Waals surface area (Å²) in [6, 6.07) is 9.84. The van der Waals surface area contributed by atoms with E-state index >= 15 is 0 Å². The van der Waals surface area contributed by atoms with Gasteiger partial charge in [-0.1, -0.05) is 12.1 Å². The number of amides is 1. The summed E-state index contributed by atoms with van der Waals surface area (Å²) in [7, 11) is -3.67. The van der Waals surface area contributed by atoms with Gasteiger partial charge in [-0.15, -0.1) is 0 Å². The van der Waals surface area contributed by atoms with Gasteiger partial charge in [-0.25, -0.2) is 18.5 Å². The third-order valence-electron chi connectivity index (χ3n) is 3.41. The van der Waals surface area contributed by atoms with Gasteiger partial charge in [0, 0.05) is 24.3 Å². The van der Waals surface area contributed by atoms with Crippen LogP contribution in [0.5, 0.6) is 0 Å². The second kappa shape index (κ2) is 8.09. The molecule has 1 aromatic heterocycles. The number of sulfonamides is 1. The molecule has 2 rings (SSSR count). The summed E-state index contributed by atoms with van der Waals surface area (Å²) in [6.45, 7) is 4.40. The summed E-state index contributed by atoms with van der Waals surface area (Å²) in [4.78, 5) is 16.3. The Bertz CT molecular complexity index is 833. The standard InChI is InChI=1S/C17H22N4O3S/c1-12(2)21-17(22)14-8-10-20-16(11-14)19-9-7-13-3-5-15(6-4-13)25(18,23)24/h3-6,8,10-12H,7,9H2,1-2H3,(H,19,20)(H,21,22)(H2,18,23,24). The minimum absolute atomic E-state index is 0.0670. The zero-order valence-corrected chi connectivity index (χ0v) is 15.0. The maximum absolute atomic E-state index is 12.0. The van der Waals surface area contributed by atoms with Crippen LogP contribution in [0.2, 0.25) is 0 Å². The van der Waals surface area contributed by atoms with Gasteiger partial charge in [0.2, 0.25) is 10.0 Å². The van der Waals surface area contributed by atoms with E-state index in [1.54, 1.807) is 30.5 Å². The van der Waals surface area contributed by atoms with Gasteiger partial charge in [-0.2, -0.15) is 0 Å². The molecule has 1 heterocycles. The van der Waals surface area contributed by atoms with Gasteiger partial charge in [0.25, 0.3) is 5.91 Å². The zero-order valence-electron chi connectivity index (χ0n) is 14.2.